The smallest absolute Gasteiger partial charge is 0.238 e. The highest BCUT2D eigenvalue weighted by Gasteiger charge is 2.29. The molecule has 0 aliphatic carbocycles. The minimum Gasteiger partial charge on any atom is -0.388 e. The molecular formula is C12H17FN2O4S. The highest BCUT2D eigenvalue weighted by atomic mass is 32.2. The molecule has 1 fully saturated rings. The Morgan fingerprint density at radius 2 is 2.05 bits per heavy atom. The van der Waals surface area contributed by atoms with E-state index >= 15 is 0 Å². The molecule has 0 spiro atoms. The lowest BCUT2D eigenvalue weighted by molar-refractivity contribution is -0.0543. The van der Waals surface area contributed by atoms with Crippen molar-refractivity contribution in [1.82, 2.24) is 0 Å². The molecule has 0 bridgehead atoms. The van der Waals surface area contributed by atoms with Crippen molar-refractivity contribution < 1.29 is 22.7 Å². The molecule has 0 atom stereocenters. The zero-order valence-electron chi connectivity index (χ0n) is 10.8. The lowest BCUT2D eigenvalue weighted by Gasteiger charge is -2.32. The first-order valence-corrected chi connectivity index (χ1v) is 7.71. The summed E-state index contributed by atoms with van der Waals surface area (Å²) in [7, 11) is -3.92. The van der Waals surface area contributed by atoms with Gasteiger partial charge in [-0.05, 0) is 18.2 Å². The molecule has 8 heteroatoms. The highest BCUT2D eigenvalue weighted by Crippen LogP contribution is 2.23. The Balaban J connectivity index is 2.07. The van der Waals surface area contributed by atoms with Gasteiger partial charge in [-0.25, -0.2) is 17.9 Å². The van der Waals surface area contributed by atoms with Crippen molar-refractivity contribution in [1.29, 1.82) is 0 Å². The highest BCUT2D eigenvalue weighted by molar-refractivity contribution is 7.89. The SMILES string of the molecule is NS(=O)(=O)c1ccc(NCC2(O)CCOCC2)c(F)c1. The summed E-state index contributed by atoms with van der Waals surface area (Å²) in [5.41, 5.74) is -0.819. The molecule has 0 radical (unpaired) electrons. The van der Waals surface area contributed by atoms with Crippen LogP contribution in [0.25, 0.3) is 0 Å². The Labute approximate surface area is 116 Å². The monoisotopic (exact) mass is 304 g/mol. The average Bonchev–Trinajstić information content (AvgIpc) is 2.37. The topological polar surface area (TPSA) is 102 Å². The maximum absolute atomic E-state index is 13.8. The number of nitrogens with two attached hydrogens (primary N) is 1. The maximum atomic E-state index is 13.8. The van der Waals surface area contributed by atoms with E-state index in [-0.39, 0.29) is 17.1 Å². The number of ether oxygens (including phenoxy) is 1. The first kappa shape index (κ1) is 15.2. The molecule has 2 rings (SSSR count). The van der Waals surface area contributed by atoms with Crippen LogP contribution in [0.4, 0.5) is 10.1 Å². The van der Waals surface area contributed by atoms with E-state index in [1.54, 1.807) is 0 Å². The van der Waals surface area contributed by atoms with Crippen LogP contribution in [0.15, 0.2) is 23.1 Å². The number of hydrogen-bond donors (Lipinski definition) is 3. The summed E-state index contributed by atoms with van der Waals surface area (Å²) in [4.78, 5) is -0.287. The Morgan fingerprint density at radius 1 is 1.40 bits per heavy atom. The first-order valence-electron chi connectivity index (χ1n) is 6.17. The van der Waals surface area contributed by atoms with Crippen molar-refractivity contribution in [2.45, 2.75) is 23.3 Å². The molecular weight excluding hydrogens is 287 g/mol. The van der Waals surface area contributed by atoms with Crippen LogP contribution in [0, 0.1) is 5.82 Å². The van der Waals surface area contributed by atoms with Gasteiger partial charge in [0.1, 0.15) is 5.82 Å². The summed E-state index contributed by atoms with van der Waals surface area (Å²) in [6.07, 6.45) is 0.938. The second-order valence-corrected chi connectivity index (χ2v) is 6.44. The first-order chi connectivity index (χ1) is 9.30. The van der Waals surface area contributed by atoms with E-state index in [2.05, 4.69) is 5.32 Å². The normalized spacial score (nSPS) is 18.8. The molecule has 6 nitrogen and oxygen atoms in total. The number of nitrogens with one attached hydrogen (secondary N) is 1. The zero-order chi connectivity index (χ0) is 14.8. The van der Waals surface area contributed by atoms with Gasteiger partial charge in [0.2, 0.25) is 10.0 Å². The third-order valence-corrected chi connectivity index (χ3v) is 4.21. The summed E-state index contributed by atoms with van der Waals surface area (Å²) < 4.78 is 41.1. The Hall–Kier alpha value is -1.22. The van der Waals surface area contributed by atoms with Gasteiger partial charge in [-0.3, -0.25) is 0 Å². The van der Waals surface area contributed by atoms with Gasteiger partial charge in [-0.15, -0.1) is 0 Å². The molecule has 20 heavy (non-hydrogen) atoms. The van der Waals surface area contributed by atoms with Gasteiger partial charge in [0, 0.05) is 32.6 Å². The van der Waals surface area contributed by atoms with Crippen LogP contribution in [0.2, 0.25) is 0 Å². The fourth-order valence-corrected chi connectivity index (χ4v) is 2.53. The van der Waals surface area contributed by atoms with Crippen LogP contribution < -0.4 is 10.5 Å². The summed E-state index contributed by atoms with van der Waals surface area (Å²) in [6, 6.07) is 3.36. The fourth-order valence-electron chi connectivity index (χ4n) is 2.00. The molecule has 0 unspecified atom stereocenters. The standard InChI is InChI=1S/C12H17FN2O4S/c13-10-7-9(20(14,17)18)1-2-11(10)15-8-12(16)3-5-19-6-4-12/h1-2,7,15-16H,3-6,8H2,(H2,14,17,18). The Kier molecular flexibility index (Phi) is 4.28. The van der Waals surface area contributed by atoms with Gasteiger partial charge in [-0.2, -0.15) is 0 Å². The Bertz CT molecular complexity index is 585. The van der Waals surface area contributed by atoms with Gasteiger partial charge in [0.25, 0.3) is 0 Å². The molecule has 0 saturated carbocycles. The number of primary sulfonamides is 1. The van der Waals surface area contributed by atoms with Crippen LogP contribution in [-0.2, 0) is 14.8 Å². The van der Waals surface area contributed by atoms with Gasteiger partial charge in [-0.1, -0.05) is 0 Å². The van der Waals surface area contributed by atoms with Crippen LogP contribution in [0.5, 0.6) is 0 Å². The van der Waals surface area contributed by atoms with Gasteiger partial charge >= 0.3 is 0 Å². The second kappa shape index (κ2) is 5.65. The van der Waals surface area contributed by atoms with Crippen molar-refractivity contribution in [2.24, 2.45) is 5.14 Å². The van der Waals surface area contributed by atoms with Gasteiger partial charge in [0.15, 0.2) is 0 Å². The predicted molar refractivity (Wildman–Crippen MR) is 71.3 cm³/mol. The van der Waals surface area contributed by atoms with E-state index in [0.717, 1.165) is 6.07 Å². The molecule has 112 valence electrons. The van der Waals surface area contributed by atoms with Crippen molar-refractivity contribution in [3.63, 3.8) is 0 Å². The molecule has 4 N–H and O–H groups in total. The van der Waals surface area contributed by atoms with E-state index in [4.69, 9.17) is 9.88 Å². The van der Waals surface area contributed by atoms with Gasteiger partial charge < -0.3 is 15.2 Å². The number of aliphatic hydroxyl groups is 1. The summed E-state index contributed by atoms with van der Waals surface area (Å²) in [5.74, 6) is -0.729. The number of rotatable bonds is 4. The van der Waals surface area contributed by atoms with E-state index in [1.165, 1.54) is 12.1 Å². The van der Waals surface area contributed by atoms with Crippen LogP contribution >= 0.6 is 0 Å². The minimum absolute atomic E-state index is 0.123. The zero-order valence-corrected chi connectivity index (χ0v) is 11.6. The van der Waals surface area contributed by atoms with E-state index < -0.39 is 21.4 Å². The van der Waals surface area contributed by atoms with Crippen molar-refractivity contribution in [3.05, 3.63) is 24.0 Å². The molecule has 1 aliphatic heterocycles. The molecule has 1 aromatic carbocycles. The van der Waals surface area contributed by atoms with Crippen molar-refractivity contribution >= 4 is 15.7 Å². The minimum atomic E-state index is -3.92. The second-order valence-electron chi connectivity index (χ2n) is 4.88. The van der Waals surface area contributed by atoms with Crippen molar-refractivity contribution in [2.75, 3.05) is 25.1 Å². The lowest BCUT2D eigenvalue weighted by atomic mass is 9.94. The third kappa shape index (κ3) is 3.66. The third-order valence-electron chi connectivity index (χ3n) is 3.30. The fraction of sp³-hybridized carbons (Fsp3) is 0.500. The van der Waals surface area contributed by atoms with E-state index in [0.29, 0.717) is 26.1 Å². The summed E-state index contributed by atoms with van der Waals surface area (Å²) >= 11 is 0. The van der Waals surface area contributed by atoms with Crippen molar-refractivity contribution in [3.8, 4) is 0 Å². The molecule has 1 saturated heterocycles. The van der Waals surface area contributed by atoms with Crippen LogP contribution in [0.1, 0.15) is 12.8 Å². The lowest BCUT2D eigenvalue weighted by Crippen LogP contribution is -2.42. The number of anilines is 1. The quantitative estimate of drug-likeness (QED) is 0.748. The predicted octanol–water partition coefficient (Wildman–Crippen LogP) is 0.426. The summed E-state index contributed by atoms with van der Waals surface area (Å²) in [6.45, 7) is 1.10. The van der Waals surface area contributed by atoms with Crippen LogP contribution in [0.3, 0.4) is 0 Å². The number of benzene rings is 1. The average molecular weight is 304 g/mol. The molecule has 0 amide bonds. The number of halogens is 1. The van der Waals surface area contributed by atoms with Gasteiger partial charge in [0.05, 0.1) is 16.2 Å². The van der Waals surface area contributed by atoms with E-state index in [9.17, 15) is 17.9 Å². The molecule has 1 heterocycles. The molecule has 1 aromatic rings. The molecule has 1 aliphatic rings. The Morgan fingerprint density at radius 3 is 2.60 bits per heavy atom. The largest absolute Gasteiger partial charge is 0.388 e. The number of sulfonamides is 1. The summed E-state index contributed by atoms with van der Waals surface area (Å²) in [5, 5.41) is 17.9. The maximum Gasteiger partial charge on any atom is 0.238 e. The molecule has 0 aromatic heterocycles. The number of hydrogen-bond acceptors (Lipinski definition) is 5. The van der Waals surface area contributed by atoms with E-state index in [1.807, 2.05) is 0 Å². The van der Waals surface area contributed by atoms with Crippen LogP contribution in [-0.4, -0.2) is 38.9 Å².